The van der Waals surface area contributed by atoms with E-state index < -0.39 is 0 Å². The molecule has 38 heavy (non-hydrogen) atoms. The Hall–Kier alpha value is -3.91. The van der Waals surface area contributed by atoms with Crippen molar-refractivity contribution >= 4 is 23.6 Å². The van der Waals surface area contributed by atoms with Crippen molar-refractivity contribution in [2.24, 2.45) is 0 Å². The Kier molecular flexibility index (Phi) is 9.70. The number of carbonyl (C=O) groups excluding carboxylic acids is 1. The zero-order chi connectivity index (χ0) is 26.7. The number of hydrogen-bond acceptors (Lipinski definition) is 7. The molecule has 0 unspecified atom stereocenters. The van der Waals surface area contributed by atoms with Gasteiger partial charge in [0.25, 0.3) is 0 Å². The molecular weight excluding hydrogens is 496 g/mol. The van der Waals surface area contributed by atoms with Crippen LogP contribution in [0.15, 0.2) is 84.3 Å². The fraction of sp³-hybridized carbons (Fsp3) is 0.267. The number of allylic oxidation sites excluding steroid dienone is 1. The predicted molar refractivity (Wildman–Crippen MR) is 152 cm³/mol. The van der Waals surface area contributed by atoms with Crippen LogP contribution in [-0.2, 0) is 0 Å². The van der Waals surface area contributed by atoms with Gasteiger partial charge in [0.15, 0.2) is 16.8 Å². The van der Waals surface area contributed by atoms with Gasteiger partial charge in [-0.1, -0.05) is 30.0 Å². The second-order valence-electron chi connectivity index (χ2n) is 8.90. The highest BCUT2D eigenvalue weighted by atomic mass is 32.2. The van der Waals surface area contributed by atoms with Crippen molar-refractivity contribution in [3.63, 3.8) is 0 Å². The largest absolute Gasteiger partial charge is 0.497 e. The number of aromatic nitrogens is 4. The average molecular weight is 529 g/mol. The van der Waals surface area contributed by atoms with Crippen LogP contribution in [0, 0.1) is 0 Å². The molecule has 2 aromatic carbocycles. The van der Waals surface area contributed by atoms with E-state index in [1.165, 1.54) is 0 Å². The molecule has 8 heteroatoms. The Labute approximate surface area is 227 Å². The van der Waals surface area contributed by atoms with E-state index in [0.717, 1.165) is 52.2 Å². The maximum absolute atomic E-state index is 12.5. The Balaban J connectivity index is 1.20. The molecule has 2 aromatic heterocycles. The Bertz CT molecular complexity index is 1330. The van der Waals surface area contributed by atoms with Crippen molar-refractivity contribution in [1.82, 2.24) is 19.7 Å². The van der Waals surface area contributed by atoms with Gasteiger partial charge in [0.2, 0.25) is 0 Å². The van der Waals surface area contributed by atoms with Gasteiger partial charge in [-0.3, -0.25) is 14.3 Å². The van der Waals surface area contributed by atoms with Crippen LogP contribution in [0.5, 0.6) is 11.5 Å². The summed E-state index contributed by atoms with van der Waals surface area (Å²) in [6, 6.07) is 19.0. The molecule has 0 bridgehead atoms. The highest BCUT2D eigenvalue weighted by molar-refractivity contribution is 7.99. The number of carbonyl (C=O) groups is 1. The monoisotopic (exact) mass is 528 g/mol. The number of methoxy groups -OCH3 is 1. The number of benzene rings is 2. The molecule has 0 aliphatic rings. The molecule has 0 spiro atoms. The van der Waals surface area contributed by atoms with Crippen molar-refractivity contribution < 1.29 is 14.3 Å². The third-order valence-electron chi connectivity index (χ3n) is 5.84. The number of hydrogen-bond donors (Lipinski definition) is 0. The molecule has 0 saturated heterocycles. The zero-order valence-corrected chi connectivity index (χ0v) is 22.7. The van der Waals surface area contributed by atoms with Crippen LogP contribution in [-0.4, -0.2) is 45.0 Å². The number of ketones is 1. The SMILES string of the molecule is COc1ccc(/C=C/C(=O)c2ccc(OCCCCSc3nnc(-c4ccncc4)n3C(C)C)cc2)cc1. The van der Waals surface area contributed by atoms with Crippen LogP contribution in [0.4, 0.5) is 0 Å². The summed E-state index contributed by atoms with van der Waals surface area (Å²) in [6.07, 6.45) is 8.84. The summed E-state index contributed by atoms with van der Waals surface area (Å²) in [5.74, 6) is 3.29. The van der Waals surface area contributed by atoms with Crippen molar-refractivity contribution in [1.29, 1.82) is 0 Å². The molecule has 4 rings (SSSR count). The minimum atomic E-state index is -0.0503. The topological polar surface area (TPSA) is 79.1 Å². The standard InChI is InChI=1S/C30H32N4O3S/c1-22(2)34-29(25-16-18-31-19-17-25)32-33-30(34)38-21-5-4-20-37-27-13-9-24(10-14-27)28(35)15-8-23-6-11-26(36-3)12-7-23/h6-19,22H,4-5,20-21H2,1-3H3/b15-8+. The number of ether oxygens (including phenoxy) is 2. The van der Waals surface area contributed by atoms with Crippen LogP contribution >= 0.6 is 11.8 Å². The Morgan fingerprint density at radius 2 is 1.66 bits per heavy atom. The lowest BCUT2D eigenvalue weighted by Gasteiger charge is -2.13. The number of thioether (sulfide) groups is 1. The van der Waals surface area contributed by atoms with E-state index in [4.69, 9.17) is 9.47 Å². The van der Waals surface area contributed by atoms with E-state index in [1.54, 1.807) is 55.6 Å². The molecule has 0 atom stereocenters. The number of unbranched alkanes of at least 4 members (excludes halogenated alkanes) is 1. The number of pyridine rings is 1. The van der Waals surface area contributed by atoms with Crippen molar-refractivity contribution in [3.05, 3.63) is 90.3 Å². The van der Waals surface area contributed by atoms with Crippen molar-refractivity contribution in [2.45, 2.75) is 37.9 Å². The normalized spacial score (nSPS) is 11.3. The second-order valence-corrected chi connectivity index (χ2v) is 9.97. The summed E-state index contributed by atoms with van der Waals surface area (Å²) in [5.41, 5.74) is 2.58. The van der Waals surface area contributed by atoms with Crippen molar-refractivity contribution in [3.8, 4) is 22.9 Å². The number of nitrogens with zero attached hydrogens (tertiary/aromatic N) is 4. The molecule has 2 heterocycles. The first-order valence-electron chi connectivity index (χ1n) is 12.6. The van der Waals surface area contributed by atoms with E-state index in [1.807, 2.05) is 48.5 Å². The van der Waals surface area contributed by atoms with E-state index in [0.29, 0.717) is 12.2 Å². The highest BCUT2D eigenvalue weighted by Gasteiger charge is 2.16. The first kappa shape index (κ1) is 27.1. The van der Waals surface area contributed by atoms with Crippen LogP contribution in [0.3, 0.4) is 0 Å². The maximum atomic E-state index is 12.5. The highest BCUT2D eigenvalue weighted by Crippen LogP contribution is 2.28. The minimum Gasteiger partial charge on any atom is -0.497 e. The zero-order valence-electron chi connectivity index (χ0n) is 21.9. The van der Waals surface area contributed by atoms with Crippen LogP contribution in [0.1, 0.15) is 48.7 Å². The van der Waals surface area contributed by atoms with Gasteiger partial charge >= 0.3 is 0 Å². The van der Waals surface area contributed by atoms with Crippen LogP contribution in [0.2, 0.25) is 0 Å². The van der Waals surface area contributed by atoms with Gasteiger partial charge < -0.3 is 9.47 Å². The first-order valence-corrected chi connectivity index (χ1v) is 13.6. The average Bonchev–Trinajstić information content (AvgIpc) is 3.39. The summed E-state index contributed by atoms with van der Waals surface area (Å²) in [4.78, 5) is 16.6. The molecule has 0 amide bonds. The molecule has 0 aliphatic heterocycles. The molecule has 0 aliphatic carbocycles. The van der Waals surface area contributed by atoms with Gasteiger partial charge in [-0.05, 0) is 86.9 Å². The summed E-state index contributed by atoms with van der Waals surface area (Å²) in [6.45, 7) is 4.90. The predicted octanol–water partition coefficient (Wildman–Crippen LogP) is 6.78. The molecule has 0 radical (unpaired) electrons. The molecule has 196 valence electrons. The lowest BCUT2D eigenvalue weighted by atomic mass is 10.1. The van der Waals surface area contributed by atoms with Gasteiger partial charge in [-0.15, -0.1) is 10.2 Å². The van der Waals surface area contributed by atoms with Gasteiger partial charge in [-0.25, -0.2) is 0 Å². The van der Waals surface area contributed by atoms with Crippen LogP contribution in [0.25, 0.3) is 17.5 Å². The smallest absolute Gasteiger partial charge is 0.191 e. The second kappa shape index (κ2) is 13.6. The van der Waals surface area contributed by atoms with E-state index in [-0.39, 0.29) is 11.8 Å². The summed E-state index contributed by atoms with van der Waals surface area (Å²) >= 11 is 1.72. The molecule has 4 aromatic rings. The Morgan fingerprint density at radius 1 is 0.947 bits per heavy atom. The minimum absolute atomic E-state index is 0.0503. The fourth-order valence-electron chi connectivity index (χ4n) is 3.79. The summed E-state index contributed by atoms with van der Waals surface area (Å²) in [5, 5.41) is 9.77. The van der Waals surface area contributed by atoms with Gasteiger partial charge in [-0.2, -0.15) is 0 Å². The van der Waals surface area contributed by atoms with E-state index >= 15 is 0 Å². The first-order chi connectivity index (χ1) is 18.5. The quantitative estimate of drug-likeness (QED) is 0.0819. The molecule has 0 fully saturated rings. The van der Waals surface area contributed by atoms with Crippen molar-refractivity contribution in [2.75, 3.05) is 19.5 Å². The van der Waals surface area contributed by atoms with E-state index in [9.17, 15) is 4.79 Å². The lowest BCUT2D eigenvalue weighted by Crippen LogP contribution is -2.05. The van der Waals surface area contributed by atoms with E-state index in [2.05, 4.69) is 33.6 Å². The fourth-order valence-corrected chi connectivity index (χ4v) is 4.86. The van der Waals surface area contributed by atoms with Gasteiger partial charge in [0.1, 0.15) is 11.5 Å². The third-order valence-corrected chi connectivity index (χ3v) is 6.87. The summed E-state index contributed by atoms with van der Waals surface area (Å²) in [7, 11) is 1.63. The Morgan fingerprint density at radius 3 is 2.34 bits per heavy atom. The molecule has 7 nitrogen and oxygen atoms in total. The van der Waals surface area contributed by atoms with Gasteiger partial charge in [0.05, 0.1) is 13.7 Å². The third kappa shape index (κ3) is 7.32. The lowest BCUT2D eigenvalue weighted by molar-refractivity contribution is 0.104. The number of rotatable bonds is 13. The van der Waals surface area contributed by atoms with Crippen LogP contribution < -0.4 is 9.47 Å². The molecule has 0 N–H and O–H groups in total. The maximum Gasteiger partial charge on any atom is 0.191 e. The molecular formula is C30H32N4O3S. The molecule has 0 saturated carbocycles. The van der Waals surface area contributed by atoms with Gasteiger partial charge in [0, 0.05) is 35.3 Å². The summed E-state index contributed by atoms with van der Waals surface area (Å²) < 4.78 is 13.2.